The van der Waals surface area contributed by atoms with Crippen LogP contribution in [0.5, 0.6) is 0 Å². The van der Waals surface area contributed by atoms with Crippen LogP contribution >= 0.6 is 11.5 Å². The Morgan fingerprint density at radius 1 is 1.26 bits per heavy atom. The third-order valence-electron chi connectivity index (χ3n) is 4.09. The molecule has 0 aliphatic carbocycles. The fraction of sp³-hybridized carbons (Fsp3) is 0.474. The summed E-state index contributed by atoms with van der Waals surface area (Å²) in [5.74, 6) is -1.11. The lowest BCUT2D eigenvalue weighted by molar-refractivity contribution is -0.128. The van der Waals surface area contributed by atoms with Crippen molar-refractivity contribution in [2.75, 3.05) is 0 Å². The first-order valence-corrected chi connectivity index (χ1v) is 9.65. The zero-order chi connectivity index (χ0) is 20.2. The van der Waals surface area contributed by atoms with Crippen molar-refractivity contribution in [1.29, 1.82) is 0 Å². The molecule has 0 saturated carbocycles. The number of benzene rings is 1. The normalized spacial score (nSPS) is 13.7. The van der Waals surface area contributed by atoms with Crippen LogP contribution in [-0.4, -0.2) is 37.9 Å². The molecule has 0 saturated heterocycles. The van der Waals surface area contributed by atoms with Gasteiger partial charge in [0.25, 0.3) is 5.91 Å². The fourth-order valence-corrected chi connectivity index (χ4v) is 3.11. The highest BCUT2D eigenvalue weighted by atomic mass is 32.1. The first-order chi connectivity index (χ1) is 12.6. The molecule has 0 fully saturated rings. The Balaban J connectivity index is 2.53. The molecule has 0 aliphatic heterocycles. The topological polar surface area (TPSA) is 75.2 Å². The average Bonchev–Trinajstić information content (AvgIpc) is 3.12. The Bertz CT molecular complexity index is 772. The third kappa shape index (κ3) is 5.32. The van der Waals surface area contributed by atoms with E-state index in [-0.39, 0.29) is 23.6 Å². The number of carbonyl (C=O) groups excluding carboxylic acids is 2. The van der Waals surface area contributed by atoms with Crippen LogP contribution < -0.4 is 5.32 Å². The van der Waals surface area contributed by atoms with Crippen LogP contribution in [0.3, 0.4) is 0 Å². The molecule has 2 atom stereocenters. The largest absolute Gasteiger partial charge is 0.349 e. The summed E-state index contributed by atoms with van der Waals surface area (Å²) in [6.45, 7) is 9.41. The SMILES string of the molecule is CC[C@H](C)N(C(=O)c1csnn1)[C@H](C(=O)NC(C)(C)C)c1ccc(F)cc1. The maximum Gasteiger partial charge on any atom is 0.276 e. The molecule has 1 aromatic heterocycles. The van der Waals surface area contributed by atoms with E-state index in [1.54, 1.807) is 5.38 Å². The van der Waals surface area contributed by atoms with Gasteiger partial charge >= 0.3 is 0 Å². The van der Waals surface area contributed by atoms with Crippen molar-refractivity contribution in [2.45, 2.75) is 58.7 Å². The molecule has 0 radical (unpaired) electrons. The second-order valence-electron chi connectivity index (χ2n) is 7.45. The van der Waals surface area contributed by atoms with Gasteiger partial charge in [-0.25, -0.2) is 4.39 Å². The van der Waals surface area contributed by atoms with Crippen molar-refractivity contribution in [3.63, 3.8) is 0 Å². The lowest BCUT2D eigenvalue weighted by atomic mass is 9.99. The summed E-state index contributed by atoms with van der Waals surface area (Å²) in [5, 5.41) is 8.35. The van der Waals surface area contributed by atoms with E-state index in [4.69, 9.17) is 0 Å². The van der Waals surface area contributed by atoms with Gasteiger partial charge in [0.15, 0.2) is 5.69 Å². The Morgan fingerprint density at radius 2 is 1.89 bits per heavy atom. The number of aromatic nitrogens is 2. The van der Waals surface area contributed by atoms with Gasteiger partial charge in [-0.3, -0.25) is 9.59 Å². The Hall–Kier alpha value is -2.35. The molecule has 8 heteroatoms. The summed E-state index contributed by atoms with van der Waals surface area (Å²) < 4.78 is 17.2. The number of halogens is 1. The third-order valence-corrected chi connectivity index (χ3v) is 4.59. The molecule has 0 unspecified atom stereocenters. The fourth-order valence-electron chi connectivity index (χ4n) is 2.68. The van der Waals surface area contributed by atoms with Crippen LogP contribution in [0, 0.1) is 5.82 Å². The molecule has 6 nitrogen and oxygen atoms in total. The van der Waals surface area contributed by atoms with Gasteiger partial charge in [0, 0.05) is 17.0 Å². The van der Waals surface area contributed by atoms with Crippen molar-refractivity contribution in [3.8, 4) is 0 Å². The molecule has 2 aromatic rings. The van der Waals surface area contributed by atoms with Crippen molar-refractivity contribution >= 4 is 23.3 Å². The summed E-state index contributed by atoms with van der Waals surface area (Å²) in [6.07, 6.45) is 0.643. The van der Waals surface area contributed by atoms with Gasteiger partial charge in [0.1, 0.15) is 11.9 Å². The molecular weight excluding hydrogens is 367 g/mol. The lowest BCUT2D eigenvalue weighted by Crippen LogP contribution is -2.51. The van der Waals surface area contributed by atoms with Crippen LogP contribution in [0.15, 0.2) is 29.6 Å². The predicted octanol–water partition coefficient (Wildman–Crippen LogP) is 3.57. The standard InChI is InChI=1S/C19H25FN4O2S/c1-6-12(2)24(18(26)15-11-27-23-22-15)16(17(25)21-19(3,4)5)13-7-9-14(20)10-8-13/h7-12,16H,6H2,1-5H3,(H,21,25)/t12-,16-/m0/s1. The minimum Gasteiger partial charge on any atom is -0.349 e. The van der Waals surface area contributed by atoms with E-state index in [1.807, 2.05) is 34.6 Å². The van der Waals surface area contributed by atoms with E-state index in [0.29, 0.717) is 12.0 Å². The van der Waals surface area contributed by atoms with Crippen LogP contribution in [0.4, 0.5) is 4.39 Å². The Kier molecular flexibility index (Phi) is 6.64. The number of hydrogen-bond donors (Lipinski definition) is 1. The van der Waals surface area contributed by atoms with E-state index in [2.05, 4.69) is 14.9 Å². The minimum absolute atomic E-state index is 0.191. The molecule has 0 aliphatic rings. The van der Waals surface area contributed by atoms with Crippen molar-refractivity contribution in [1.82, 2.24) is 19.8 Å². The molecule has 2 amide bonds. The summed E-state index contributed by atoms with van der Waals surface area (Å²) in [7, 11) is 0. The van der Waals surface area contributed by atoms with E-state index in [0.717, 1.165) is 11.5 Å². The quantitative estimate of drug-likeness (QED) is 0.815. The van der Waals surface area contributed by atoms with Gasteiger partial charge in [0.2, 0.25) is 5.91 Å². The number of rotatable bonds is 6. The van der Waals surface area contributed by atoms with Gasteiger partial charge < -0.3 is 10.2 Å². The van der Waals surface area contributed by atoms with Crippen molar-refractivity contribution < 1.29 is 14.0 Å². The second-order valence-corrected chi connectivity index (χ2v) is 8.06. The maximum atomic E-state index is 13.4. The van der Waals surface area contributed by atoms with E-state index < -0.39 is 17.4 Å². The summed E-state index contributed by atoms with van der Waals surface area (Å²) in [6, 6.07) is 4.50. The average molecular weight is 393 g/mol. The number of amides is 2. The summed E-state index contributed by atoms with van der Waals surface area (Å²) in [4.78, 5) is 27.8. The smallest absolute Gasteiger partial charge is 0.276 e. The monoisotopic (exact) mass is 392 g/mol. The second kappa shape index (κ2) is 8.56. The van der Waals surface area contributed by atoms with Crippen LogP contribution in [-0.2, 0) is 4.79 Å². The molecule has 1 N–H and O–H groups in total. The summed E-state index contributed by atoms with van der Waals surface area (Å²) >= 11 is 1.07. The highest BCUT2D eigenvalue weighted by Gasteiger charge is 2.36. The van der Waals surface area contributed by atoms with E-state index >= 15 is 0 Å². The first-order valence-electron chi connectivity index (χ1n) is 8.81. The molecule has 0 spiro atoms. The number of hydrogen-bond acceptors (Lipinski definition) is 5. The zero-order valence-electron chi connectivity index (χ0n) is 16.2. The van der Waals surface area contributed by atoms with Gasteiger partial charge in [-0.2, -0.15) is 0 Å². The number of carbonyl (C=O) groups is 2. The molecule has 1 aromatic carbocycles. The van der Waals surface area contributed by atoms with Gasteiger partial charge in [-0.1, -0.05) is 23.5 Å². The highest BCUT2D eigenvalue weighted by molar-refractivity contribution is 7.03. The lowest BCUT2D eigenvalue weighted by Gasteiger charge is -2.36. The van der Waals surface area contributed by atoms with Gasteiger partial charge in [-0.15, -0.1) is 5.10 Å². The highest BCUT2D eigenvalue weighted by Crippen LogP contribution is 2.27. The van der Waals surface area contributed by atoms with Gasteiger partial charge in [0.05, 0.1) is 0 Å². The number of nitrogens with zero attached hydrogens (tertiary/aromatic N) is 3. The predicted molar refractivity (Wildman–Crippen MR) is 103 cm³/mol. The Labute approximate surface area is 162 Å². The molecule has 0 bridgehead atoms. The molecule has 27 heavy (non-hydrogen) atoms. The van der Waals surface area contributed by atoms with E-state index in [9.17, 15) is 14.0 Å². The van der Waals surface area contributed by atoms with E-state index in [1.165, 1.54) is 29.2 Å². The first kappa shape index (κ1) is 21.0. The molecule has 146 valence electrons. The Morgan fingerprint density at radius 3 is 2.37 bits per heavy atom. The number of nitrogens with one attached hydrogen (secondary N) is 1. The minimum atomic E-state index is -0.908. The molecule has 2 rings (SSSR count). The van der Waals surface area contributed by atoms with Crippen molar-refractivity contribution in [3.05, 3.63) is 46.7 Å². The van der Waals surface area contributed by atoms with Crippen LogP contribution in [0.25, 0.3) is 0 Å². The van der Waals surface area contributed by atoms with Gasteiger partial charge in [-0.05, 0) is 63.3 Å². The van der Waals surface area contributed by atoms with Crippen LogP contribution in [0.2, 0.25) is 0 Å². The van der Waals surface area contributed by atoms with Crippen molar-refractivity contribution in [2.24, 2.45) is 0 Å². The zero-order valence-corrected chi connectivity index (χ0v) is 17.0. The molecular formula is C19H25FN4O2S. The summed E-state index contributed by atoms with van der Waals surface area (Å²) in [5.41, 5.74) is 0.243. The maximum absolute atomic E-state index is 13.4. The molecule has 1 heterocycles. The van der Waals surface area contributed by atoms with Crippen LogP contribution in [0.1, 0.15) is 63.1 Å².